The molecule has 0 saturated carbocycles. The lowest BCUT2D eigenvalue weighted by atomic mass is 10.2. The molecule has 0 spiro atoms. The van der Waals surface area contributed by atoms with Crippen molar-refractivity contribution >= 4 is 33.4 Å². The van der Waals surface area contributed by atoms with E-state index < -0.39 is 11.9 Å². The van der Waals surface area contributed by atoms with Crippen LogP contribution in [0.15, 0.2) is 28.7 Å². The molecule has 1 heterocycles. The fourth-order valence-electron chi connectivity index (χ4n) is 2.24. The first-order valence-corrected chi connectivity index (χ1v) is 8.82. The van der Waals surface area contributed by atoms with Crippen LogP contribution in [-0.4, -0.2) is 42.1 Å². The lowest BCUT2D eigenvalue weighted by molar-refractivity contribution is -0.141. The van der Waals surface area contributed by atoms with Crippen LogP contribution < -0.4 is 10.6 Å². The van der Waals surface area contributed by atoms with Crippen molar-refractivity contribution in [1.82, 2.24) is 14.9 Å². The van der Waals surface area contributed by atoms with Gasteiger partial charge in [-0.15, -0.1) is 0 Å². The molecule has 0 fully saturated rings. The molecule has 0 aliphatic carbocycles. The zero-order valence-corrected chi connectivity index (χ0v) is 16.4. The smallest absolute Gasteiger partial charge is 0.354 e. The Kier molecular flexibility index (Phi) is 6.82. The average Bonchev–Trinajstić information content (AvgIpc) is 2.53. The average molecular weight is 432 g/mol. The van der Waals surface area contributed by atoms with Crippen LogP contribution in [0.2, 0.25) is 0 Å². The van der Waals surface area contributed by atoms with Crippen LogP contribution in [0.3, 0.4) is 0 Å². The summed E-state index contributed by atoms with van der Waals surface area (Å²) in [6, 6.07) is 6.36. The van der Waals surface area contributed by atoms with Crippen LogP contribution in [0, 0.1) is 6.92 Å². The number of nitrogens with zero attached hydrogens (tertiary/aromatic N) is 3. The quantitative estimate of drug-likeness (QED) is 0.623. The van der Waals surface area contributed by atoms with Gasteiger partial charge in [-0.3, -0.25) is 0 Å². The van der Waals surface area contributed by atoms with Crippen LogP contribution in [-0.2, 0) is 6.18 Å². The van der Waals surface area contributed by atoms with E-state index >= 15 is 0 Å². The van der Waals surface area contributed by atoms with E-state index in [1.54, 1.807) is 6.07 Å². The van der Waals surface area contributed by atoms with Crippen molar-refractivity contribution in [3.8, 4) is 0 Å². The minimum absolute atomic E-state index is 0.0455. The number of hydrogen-bond donors (Lipinski definition) is 2. The topological polar surface area (TPSA) is 53.1 Å². The molecule has 1 aromatic carbocycles. The third-order valence-electron chi connectivity index (χ3n) is 3.53. The molecule has 0 unspecified atom stereocenters. The van der Waals surface area contributed by atoms with E-state index in [0.29, 0.717) is 12.2 Å². The Balaban J connectivity index is 2.22. The van der Waals surface area contributed by atoms with Crippen LogP contribution >= 0.6 is 15.9 Å². The molecule has 5 nitrogen and oxygen atoms in total. The zero-order valence-electron chi connectivity index (χ0n) is 14.8. The molecule has 26 heavy (non-hydrogen) atoms. The van der Waals surface area contributed by atoms with E-state index in [2.05, 4.69) is 36.5 Å². The molecule has 1 aromatic heterocycles. The fourth-order valence-corrected chi connectivity index (χ4v) is 2.71. The van der Waals surface area contributed by atoms with Crippen LogP contribution in [0.5, 0.6) is 0 Å². The fraction of sp³-hybridized carbons (Fsp3) is 0.412. The molecule has 2 N–H and O–H groups in total. The second kappa shape index (κ2) is 8.68. The van der Waals surface area contributed by atoms with Gasteiger partial charge in [0.1, 0.15) is 5.82 Å². The van der Waals surface area contributed by atoms with Gasteiger partial charge in [-0.05, 0) is 57.7 Å². The van der Waals surface area contributed by atoms with Crippen molar-refractivity contribution in [3.63, 3.8) is 0 Å². The lowest BCUT2D eigenvalue weighted by Gasteiger charge is -2.14. The van der Waals surface area contributed by atoms with E-state index in [-0.39, 0.29) is 11.8 Å². The van der Waals surface area contributed by atoms with Gasteiger partial charge in [0.2, 0.25) is 5.95 Å². The summed E-state index contributed by atoms with van der Waals surface area (Å²) in [5.74, 6) is 0.0451. The highest BCUT2D eigenvalue weighted by molar-refractivity contribution is 9.10. The molecule has 0 radical (unpaired) electrons. The summed E-state index contributed by atoms with van der Waals surface area (Å²) in [6.45, 7) is 3.16. The monoisotopic (exact) mass is 431 g/mol. The Morgan fingerprint density at radius 3 is 2.50 bits per heavy atom. The van der Waals surface area contributed by atoms with Crippen LogP contribution in [0.25, 0.3) is 0 Å². The molecule has 142 valence electrons. The number of halogens is 4. The summed E-state index contributed by atoms with van der Waals surface area (Å²) in [4.78, 5) is 9.75. The summed E-state index contributed by atoms with van der Waals surface area (Å²) in [7, 11) is 3.87. The molecule has 0 saturated heterocycles. The van der Waals surface area contributed by atoms with Gasteiger partial charge < -0.3 is 15.5 Å². The van der Waals surface area contributed by atoms with Gasteiger partial charge in [0, 0.05) is 22.8 Å². The molecule has 0 amide bonds. The van der Waals surface area contributed by atoms with Crippen molar-refractivity contribution in [2.75, 3.05) is 37.8 Å². The lowest BCUT2D eigenvalue weighted by Crippen LogP contribution is -2.18. The predicted molar refractivity (Wildman–Crippen MR) is 101 cm³/mol. The molecular formula is C17H21BrF3N5. The molecule has 2 aromatic rings. The maximum atomic E-state index is 13.2. The number of hydrogen-bond acceptors (Lipinski definition) is 5. The second-order valence-electron chi connectivity index (χ2n) is 6.13. The van der Waals surface area contributed by atoms with Crippen molar-refractivity contribution in [2.24, 2.45) is 0 Å². The van der Waals surface area contributed by atoms with E-state index in [1.165, 1.54) is 0 Å². The van der Waals surface area contributed by atoms with E-state index in [0.717, 1.165) is 29.1 Å². The Morgan fingerprint density at radius 1 is 1.15 bits per heavy atom. The van der Waals surface area contributed by atoms with Crippen LogP contribution in [0.1, 0.15) is 17.7 Å². The maximum absolute atomic E-state index is 13.2. The zero-order chi connectivity index (χ0) is 19.3. The molecular weight excluding hydrogens is 411 g/mol. The van der Waals surface area contributed by atoms with Crippen molar-refractivity contribution in [3.05, 3.63) is 40.0 Å². The maximum Gasteiger partial charge on any atom is 0.433 e. The minimum atomic E-state index is -4.55. The summed E-state index contributed by atoms with van der Waals surface area (Å²) in [6.07, 6.45) is -3.78. The highest BCUT2D eigenvalue weighted by Gasteiger charge is 2.33. The first-order chi connectivity index (χ1) is 12.1. The van der Waals surface area contributed by atoms with Crippen molar-refractivity contribution < 1.29 is 13.2 Å². The largest absolute Gasteiger partial charge is 0.433 e. The summed E-state index contributed by atoms with van der Waals surface area (Å²) < 4.78 is 40.4. The molecule has 0 atom stereocenters. The first-order valence-electron chi connectivity index (χ1n) is 8.03. The Labute approximate surface area is 159 Å². The third kappa shape index (κ3) is 6.14. The number of aromatic nitrogens is 2. The van der Waals surface area contributed by atoms with E-state index in [4.69, 9.17) is 0 Å². The van der Waals surface area contributed by atoms with Gasteiger partial charge in [-0.25, -0.2) is 4.98 Å². The molecule has 0 bridgehead atoms. The minimum Gasteiger partial charge on any atom is -0.354 e. The number of benzene rings is 1. The van der Waals surface area contributed by atoms with Crippen molar-refractivity contribution in [1.29, 1.82) is 0 Å². The SMILES string of the molecule is Cc1cc(Br)ccc1Nc1cc(C(F)(F)F)nc(NCCCN(C)C)n1. The number of anilines is 3. The van der Waals surface area contributed by atoms with E-state index in [1.807, 2.05) is 38.1 Å². The summed E-state index contributed by atoms with van der Waals surface area (Å²) >= 11 is 3.36. The molecule has 9 heteroatoms. The van der Waals surface area contributed by atoms with Gasteiger partial charge >= 0.3 is 6.18 Å². The number of nitrogens with one attached hydrogen (secondary N) is 2. The first kappa shape index (κ1) is 20.4. The van der Waals surface area contributed by atoms with Gasteiger partial charge in [0.15, 0.2) is 5.69 Å². The molecule has 0 aliphatic heterocycles. The Morgan fingerprint density at radius 2 is 1.88 bits per heavy atom. The van der Waals surface area contributed by atoms with Crippen molar-refractivity contribution in [2.45, 2.75) is 19.5 Å². The normalized spacial score (nSPS) is 11.7. The molecule has 2 rings (SSSR count). The highest BCUT2D eigenvalue weighted by atomic mass is 79.9. The summed E-state index contributed by atoms with van der Waals surface area (Å²) in [5, 5.41) is 5.81. The highest BCUT2D eigenvalue weighted by Crippen LogP contribution is 2.31. The molecule has 0 aliphatic rings. The van der Waals surface area contributed by atoms with Gasteiger partial charge in [-0.2, -0.15) is 18.2 Å². The second-order valence-corrected chi connectivity index (χ2v) is 7.04. The van der Waals surface area contributed by atoms with Gasteiger partial charge in [-0.1, -0.05) is 15.9 Å². The number of alkyl halides is 3. The number of rotatable bonds is 7. The van der Waals surface area contributed by atoms with Crippen LogP contribution in [0.4, 0.5) is 30.6 Å². The van der Waals surface area contributed by atoms with E-state index in [9.17, 15) is 13.2 Å². The summed E-state index contributed by atoms with van der Waals surface area (Å²) in [5.41, 5.74) is 0.575. The third-order valence-corrected chi connectivity index (χ3v) is 4.03. The Hall–Kier alpha value is -1.87. The predicted octanol–water partition coefficient (Wildman–Crippen LogP) is 4.67. The Bertz CT molecular complexity index is 750. The van der Waals surface area contributed by atoms with Gasteiger partial charge in [0.25, 0.3) is 0 Å². The standard InChI is InChI=1S/C17H21BrF3N5/c1-11-9-12(18)5-6-13(11)23-15-10-14(17(19,20)21)24-16(25-15)22-7-4-8-26(2)3/h5-6,9-10H,4,7-8H2,1-3H3,(H2,22,23,24,25). The number of aryl methyl sites for hydroxylation is 1. The van der Waals surface area contributed by atoms with Gasteiger partial charge in [0.05, 0.1) is 0 Å².